The van der Waals surface area contributed by atoms with E-state index in [2.05, 4.69) is 4.98 Å². The van der Waals surface area contributed by atoms with Gasteiger partial charge in [-0.05, 0) is 50.1 Å². The highest BCUT2D eigenvalue weighted by Crippen LogP contribution is 2.18. The molecule has 116 valence electrons. The molecule has 0 aliphatic rings. The van der Waals surface area contributed by atoms with Crippen LogP contribution in [-0.2, 0) is 11.2 Å². The molecule has 2 rings (SSSR count). The first-order valence-electron chi connectivity index (χ1n) is 7.07. The van der Waals surface area contributed by atoms with Crippen molar-refractivity contribution in [3.05, 3.63) is 67.6 Å². The number of ether oxygens (including phenoxy) is 1. The van der Waals surface area contributed by atoms with E-state index in [4.69, 9.17) is 16.3 Å². The first-order chi connectivity index (χ1) is 10.4. The van der Waals surface area contributed by atoms with Gasteiger partial charge in [-0.2, -0.15) is 0 Å². The molecule has 0 amide bonds. The minimum Gasteiger partial charge on any atom is -0.462 e. The predicted octanol–water partition coefficient (Wildman–Crippen LogP) is 3.41. The van der Waals surface area contributed by atoms with Crippen LogP contribution in [0.2, 0.25) is 5.02 Å². The maximum Gasteiger partial charge on any atom is 0.339 e. The van der Waals surface area contributed by atoms with E-state index in [1.54, 1.807) is 26.0 Å². The van der Waals surface area contributed by atoms with Crippen molar-refractivity contribution in [3.63, 3.8) is 0 Å². The van der Waals surface area contributed by atoms with Crippen LogP contribution in [-0.4, -0.2) is 17.6 Å². The van der Waals surface area contributed by atoms with Crippen LogP contribution in [0.1, 0.15) is 39.7 Å². The fraction of sp³-hybridized carbons (Fsp3) is 0.294. The molecule has 0 fully saturated rings. The maximum atomic E-state index is 12.1. The second kappa shape index (κ2) is 6.79. The summed E-state index contributed by atoms with van der Waals surface area (Å²) in [7, 11) is 0. The number of hydrogen-bond donors (Lipinski definition) is 1. The number of H-pyrrole nitrogens is 1. The van der Waals surface area contributed by atoms with Gasteiger partial charge in [-0.3, -0.25) is 4.79 Å². The number of halogens is 1. The first kappa shape index (κ1) is 16.3. The second-order valence-corrected chi connectivity index (χ2v) is 5.57. The van der Waals surface area contributed by atoms with Crippen molar-refractivity contribution in [1.82, 2.24) is 4.98 Å². The van der Waals surface area contributed by atoms with Crippen molar-refractivity contribution < 1.29 is 9.53 Å². The molecule has 1 aromatic heterocycles. The van der Waals surface area contributed by atoms with Crippen LogP contribution in [0.4, 0.5) is 0 Å². The number of esters is 1. The van der Waals surface area contributed by atoms with E-state index in [9.17, 15) is 9.59 Å². The molecule has 0 aliphatic carbocycles. The summed E-state index contributed by atoms with van der Waals surface area (Å²) >= 11 is 5.94. The van der Waals surface area contributed by atoms with Gasteiger partial charge in [0.25, 0.3) is 5.56 Å². The number of rotatable bonds is 4. The van der Waals surface area contributed by atoms with Crippen molar-refractivity contribution >= 4 is 17.6 Å². The minimum atomic E-state index is -0.426. The van der Waals surface area contributed by atoms with Crippen LogP contribution in [0.15, 0.2) is 29.1 Å². The number of pyridine rings is 1. The number of aryl methyl sites for hydroxylation is 2. The van der Waals surface area contributed by atoms with Gasteiger partial charge >= 0.3 is 5.97 Å². The summed E-state index contributed by atoms with van der Waals surface area (Å²) in [5.41, 5.74) is 3.24. The molecule has 0 spiro atoms. The predicted molar refractivity (Wildman–Crippen MR) is 86.8 cm³/mol. The Labute approximate surface area is 134 Å². The Morgan fingerprint density at radius 3 is 2.59 bits per heavy atom. The Balaban J connectivity index is 2.40. The van der Waals surface area contributed by atoms with E-state index in [0.717, 1.165) is 11.1 Å². The van der Waals surface area contributed by atoms with Crippen LogP contribution >= 0.6 is 11.6 Å². The van der Waals surface area contributed by atoms with Crippen LogP contribution in [0.25, 0.3) is 0 Å². The summed E-state index contributed by atoms with van der Waals surface area (Å²) in [6.45, 7) is 5.67. The van der Waals surface area contributed by atoms with E-state index in [0.29, 0.717) is 34.9 Å². The molecule has 4 nitrogen and oxygen atoms in total. The minimum absolute atomic E-state index is 0.195. The van der Waals surface area contributed by atoms with Gasteiger partial charge in [0.1, 0.15) is 0 Å². The summed E-state index contributed by atoms with van der Waals surface area (Å²) in [5.74, 6) is -0.426. The van der Waals surface area contributed by atoms with Gasteiger partial charge in [-0.25, -0.2) is 4.79 Å². The Morgan fingerprint density at radius 1 is 1.23 bits per heavy atom. The number of aromatic amines is 1. The van der Waals surface area contributed by atoms with Gasteiger partial charge in [0.05, 0.1) is 12.2 Å². The van der Waals surface area contributed by atoms with Crippen molar-refractivity contribution in [2.24, 2.45) is 0 Å². The fourth-order valence-corrected chi connectivity index (χ4v) is 2.51. The van der Waals surface area contributed by atoms with Crippen molar-refractivity contribution in [2.75, 3.05) is 6.61 Å². The number of aromatic nitrogens is 1. The number of benzene rings is 1. The Bertz CT molecular complexity index is 765. The Hall–Kier alpha value is -2.07. The molecule has 5 heteroatoms. The lowest BCUT2D eigenvalue weighted by atomic mass is 10.00. The van der Waals surface area contributed by atoms with Crippen molar-refractivity contribution in [1.29, 1.82) is 0 Å². The summed E-state index contributed by atoms with van der Waals surface area (Å²) in [6, 6.07) is 7.14. The van der Waals surface area contributed by atoms with E-state index >= 15 is 0 Å². The normalized spacial score (nSPS) is 10.5. The summed E-state index contributed by atoms with van der Waals surface area (Å²) < 4.78 is 5.01. The zero-order chi connectivity index (χ0) is 16.3. The molecule has 1 heterocycles. The van der Waals surface area contributed by atoms with Crippen LogP contribution in [0.3, 0.4) is 0 Å². The van der Waals surface area contributed by atoms with Gasteiger partial charge in [0, 0.05) is 22.7 Å². The summed E-state index contributed by atoms with van der Waals surface area (Å²) in [5, 5.41) is 0.659. The van der Waals surface area contributed by atoms with Crippen molar-refractivity contribution in [2.45, 2.75) is 27.2 Å². The molecule has 0 aliphatic heterocycles. The topological polar surface area (TPSA) is 59.2 Å². The second-order valence-electron chi connectivity index (χ2n) is 5.13. The highest BCUT2D eigenvalue weighted by Gasteiger charge is 2.14. The van der Waals surface area contributed by atoms with E-state index < -0.39 is 5.97 Å². The third-order valence-corrected chi connectivity index (χ3v) is 3.73. The number of nitrogens with one attached hydrogen (secondary N) is 1. The Kier molecular flexibility index (Phi) is 5.03. The summed E-state index contributed by atoms with van der Waals surface area (Å²) in [6.07, 6.45) is 0.436. The SMILES string of the molecule is CCOC(=O)c1cc(Cc2ccc(Cl)cc2C)c(=O)[nH]c1C. The molecule has 1 aromatic carbocycles. The lowest BCUT2D eigenvalue weighted by molar-refractivity contribution is 0.0524. The largest absolute Gasteiger partial charge is 0.462 e. The third-order valence-electron chi connectivity index (χ3n) is 3.50. The number of carbonyl (C=O) groups excluding carboxylic acids is 1. The van der Waals surface area contributed by atoms with Gasteiger partial charge < -0.3 is 9.72 Å². The van der Waals surface area contributed by atoms with E-state index in [1.165, 1.54) is 0 Å². The first-order valence-corrected chi connectivity index (χ1v) is 7.45. The van der Waals surface area contributed by atoms with Gasteiger partial charge in [0.15, 0.2) is 0 Å². The van der Waals surface area contributed by atoms with Gasteiger partial charge in [-0.15, -0.1) is 0 Å². The third kappa shape index (κ3) is 3.57. The zero-order valence-corrected chi connectivity index (χ0v) is 13.6. The quantitative estimate of drug-likeness (QED) is 0.878. The number of hydrogen-bond acceptors (Lipinski definition) is 3. The van der Waals surface area contributed by atoms with E-state index in [-0.39, 0.29) is 5.56 Å². The molecule has 0 saturated carbocycles. The van der Waals surface area contributed by atoms with Crippen molar-refractivity contribution in [3.8, 4) is 0 Å². The molecule has 0 radical (unpaired) electrons. The molecule has 0 bridgehead atoms. The monoisotopic (exact) mass is 319 g/mol. The summed E-state index contributed by atoms with van der Waals surface area (Å²) in [4.78, 5) is 26.8. The average molecular weight is 320 g/mol. The molecular formula is C17H18ClNO3. The van der Waals surface area contributed by atoms with Crippen LogP contribution < -0.4 is 5.56 Å². The average Bonchev–Trinajstić information content (AvgIpc) is 2.44. The molecule has 22 heavy (non-hydrogen) atoms. The molecular weight excluding hydrogens is 302 g/mol. The zero-order valence-electron chi connectivity index (χ0n) is 12.8. The van der Waals surface area contributed by atoms with Gasteiger partial charge in [0.2, 0.25) is 0 Å². The number of carbonyl (C=O) groups is 1. The van der Waals surface area contributed by atoms with Crippen LogP contribution in [0, 0.1) is 13.8 Å². The maximum absolute atomic E-state index is 12.1. The lowest BCUT2D eigenvalue weighted by Crippen LogP contribution is -2.19. The fourth-order valence-electron chi connectivity index (χ4n) is 2.28. The molecule has 2 aromatic rings. The molecule has 0 atom stereocenters. The smallest absolute Gasteiger partial charge is 0.339 e. The van der Waals surface area contributed by atoms with Gasteiger partial charge in [-0.1, -0.05) is 17.7 Å². The molecule has 1 N–H and O–H groups in total. The molecule has 0 unspecified atom stereocenters. The lowest BCUT2D eigenvalue weighted by Gasteiger charge is -2.09. The van der Waals surface area contributed by atoms with E-state index in [1.807, 2.05) is 19.1 Å². The highest BCUT2D eigenvalue weighted by atomic mass is 35.5. The Morgan fingerprint density at radius 2 is 1.95 bits per heavy atom. The highest BCUT2D eigenvalue weighted by molar-refractivity contribution is 6.30. The standard InChI is InChI=1S/C17H18ClNO3/c1-4-22-17(21)15-9-13(16(20)19-11(15)3)8-12-5-6-14(18)7-10(12)2/h5-7,9H,4,8H2,1-3H3,(H,19,20). The van der Waals surface area contributed by atoms with Crippen LogP contribution in [0.5, 0.6) is 0 Å². The molecule has 0 saturated heterocycles.